The summed E-state index contributed by atoms with van der Waals surface area (Å²) in [6.45, 7) is 0. The Bertz CT molecular complexity index is 1270. The van der Waals surface area contributed by atoms with Crippen LogP contribution in [0.4, 0.5) is 0 Å². The van der Waals surface area contributed by atoms with Crippen LogP contribution in [0.3, 0.4) is 0 Å². The SMILES string of the molecule is COc1ccc(/C=C/c2nc3cc(OC)ccc3n2-c2ccccn2)cc1.O=C(O)C(=O)O. The molecule has 0 spiro atoms. The largest absolute Gasteiger partial charge is 0.497 e. The van der Waals surface area contributed by atoms with E-state index in [9.17, 15) is 0 Å². The number of carboxylic acids is 2. The van der Waals surface area contributed by atoms with E-state index in [1.807, 2.05) is 77.4 Å². The number of rotatable bonds is 5. The van der Waals surface area contributed by atoms with E-state index in [1.165, 1.54) is 0 Å². The van der Waals surface area contributed by atoms with Crippen LogP contribution < -0.4 is 9.47 Å². The Morgan fingerprint density at radius 2 is 1.55 bits per heavy atom. The topological polar surface area (TPSA) is 124 Å². The van der Waals surface area contributed by atoms with Crippen LogP contribution in [0.2, 0.25) is 0 Å². The van der Waals surface area contributed by atoms with Crippen LogP contribution >= 0.6 is 0 Å². The highest BCUT2D eigenvalue weighted by atomic mass is 16.5. The maximum absolute atomic E-state index is 9.10. The van der Waals surface area contributed by atoms with Gasteiger partial charge in [-0.2, -0.15) is 0 Å². The number of benzene rings is 2. The minimum Gasteiger partial charge on any atom is -0.497 e. The average molecular weight is 447 g/mol. The van der Waals surface area contributed by atoms with Gasteiger partial charge in [-0.25, -0.2) is 19.6 Å². The molecule has 0 unspecified atom stereocenters. The average Bonchev–Trinajstić information content (AvgIpc) is 3.21. The molecule has 2 aromatic heterocycles. The van der Waals surface area contributed by atoms with Gasteiger partial charge in [-0.05, 0) is 48.0 Å². The lowest BCUT2D eigenvalue weighted by Gasteiger charge is -2.06. The number of carboxylic acid groups (broad SMARTS) is 2. The monoisotopic (exact) mass is 447 g/mol. The van der Waals surface area contributed by atoms with Crippen molar-refractivity contribution in [1.82, 2.24) is 14.5 Å². The second-order valence-electron chi connectivity index (χ2n) is 6.56. The van der Waals surface area contributed by atoms with Gasteiger partial charge in [0.15, 0.2) is 0 Å². The molecule has 0 fully saturated rings. The molecule has 9 heteroatoms. The molecule has 4 aromatic rings. The van der Waals surface area contributed by atoms with Gasteiger partial charge in [0.2, 0.25) is 0 Å². The molecule has 2 heterocycles. The van der Waals surface area contributed by atoms with E-state index in [1.54, 1.807) is 20.4 Å². The van der Waals surface area contributed by atoms with E-state index >= 15 is 0 Å². The minimum atomic E-state index is -1.82. The number of pyridine rings is 1. The standard InChI is InChI=1S/C22H19N3O2.C2H2O4/c1-26-17-9-6-16(7-10-17)8-13-22-24-19-15-18(27-2)11-12-20(19)25(22)21-5-3-4-14-23-21;3-1(4)2(5)6/h3-15H,1-2H3;(H,3,4)(H,5,6)/b13-8+;. The fraction of sp³-hybridized carbons (Fsp3) is 0.0833. The van der Waals surface area contributed by atoms with Gasteiger partial charge in [0.25, 0.3) is 0 Å². The first kappa shape index (κ1) is 23.0. The molecule has 0 saturated carbocycles. The lowest BCUT2D eigenvalue weighted by Crippen LogP contribution is -2.09. The predicted octanol–water partition coefficient (Wildman–Crippen LogP) is 3.76. The van der Waals surface area contributed by atoms with Crippen molar-refractivity contribution in [1.29, 1.82) is 0 Å². The third kappa shape index (κ3) is 5.73. The Labute approximate surface area is 189 Å². The number of aliphatic carboxylic acids is 2. The maximum atomic E-state index is 9.10. The van der Waals surface area contributed by atoms with Crippen molar-refractivity contribution in [3.8, 4) is 17.3 Å². The number of imidazole rings is 1. The second-order valence-corrected chi connectivity index (χ2v) is 6.56. The van der Waals surface area contributed by atoms with Gasteiger partial charge in [0.1, 0.15) is 23.1 Å². The highest BCUT2D eigenvalue weighted by Gasteiger charge is 2.12. The number of ether oxygens (including phenoxy) is 2. The summed E-state index contributed by atoms with van der Waals surface area (Å²) in [5.74, 6) is -0.420. The maximum Gasteiger partial charge on any atom is 0.414 e. The molecular weight excluding hydrogens is 426 g/mol. The third-order valence-corrected chi connectivity index (χ3v) is 4.49. The summed E-state index contributed by atoms with van der Waals surface area (Å²) in [6, 6.07) is 19.6. The van der Waals surface area contributed by atoms with Gasteiger partial charge in [0, 0.05) is 12.3 Å². The second kappa shape index (κ2) is 10.6. The number of fused-ring (bicyclic) bond motifs is 1. The summed E-state index contributed by atoms with van der Waals surface area (Å²) in [4.78, 5) is 27.5. The Kier molecular flexibility index (Phi) is 7.38. The Morgan fingerprint density at radius 3 is 2.12 bits per heavy atom. The third-order valence-electron chi connectivity index (χ3n) is 4.49. The number of hydrogen-bond acceptors (Lipinski definition) is 6. The van der Waals surface area contributed by atoms with Gasteiger partial charge in [-0.15, -0.1) is 0 Å². The first-order valence-electron chi connectivity index (χ1n) is 9.69. The van der Waals surface area contributed by atoms with Crippen LogP contribution in [0, 0.1) is 0 Å². The molecule has 0 aliphatic carbocycles. The van der Waals surface area contributed by atoms with Crippen LogP contribution in [0.5, 0.6) is 11.5 Å². The van der Waals surface area contributed by atoms with Crippen molar-refractivity contribution >= 4 is 35.1 Å². The van der Waals surface area contributed by atoms with Crippen molar-refractivity contribution in [3.63, 3.8) is 0 Å². The number of methoxy groups -OCH3 is 2. The summed E-state index contributed by atoms with van der Waals surface area (Å²) in [5.41, 5.74) is 2.89. The van der Waals surface area contributed by atoms with Gasteiger partial charge < -0.3 is 19.7 Å². The van der Waals surface area contributed by atoms with Crippen molar-refractivity contribution in [2.75, 3.05) is 14.2 Å². The van der Waals surface area contributed by atoms with Crippen LogP contribution in [-0.4, -0.2) is 50.9 Å². The van der Waals surface area contributed by atoms with Gasteiger partial charge in [-0.1, -0.05) is 24.3 Å². The first-order chi connectivity index (χ1) is 15.9. The fourth-order valence-electron chi connectivity index (χ4n) is 2.93. The van der Waals surface area contributed by atoms with E-state index in [4.69, 9.17) is 34.3 Å². The molecule has 4 rings (SSSR count). The summed E-state index contributed by atoms with van der Waals surface area (Å²) < 4.78 is 12.6. The molecule has 0 amide bonds. The molecule has 2 N–H and O–H groups in total. The molecule has 9 nitrogen and oxygen atoms in total. The first-order valence-corrected chi connectivity index (χ1v) is 9.69. The number of carbonyl (C=O) groups is 2. The fourth-order valence-corrected chi connectivity index (χ4v) is 2.93. The zero-order valence-corrected chi connectivity index (χ0v) is 17.9. The van der Waals surface area contributed by atoms with Crippen LogP contribution in [0.15, 0.2) is 66.9 Å². The molecule has 0 atom stereocenters. The Balaban J connectivity index is 0.000000454. The molecular formula is C24H21N3O6. The van der Waals surface area contributed by atoms with E-state index in [0.29, 0.717) is 0 Å². The van der Waals surface area contributed by atoms with Crippen LogP contribution in [0.25, 0.3) is 29.0 Å². The molecule has 0 aliphatic rings. The van der Waals surface area contributed by atoms with Crippen molar-refractivity contribution in [2.45, 2.75) is 0 Å². The molecule has 33 heavy (non-hydrogen) atoms. The Morgan fingerprint density at radius 1 is 0.879 bits per heavy atom. The van der Waals surface area contributed by atoms with Crippen molar-refractivity contribution in [3.05, 3.63) is 78.2 Å². The highest BCUT2D eigenvalue weighted by molar-refractivity contribution is 6.27. The lowest BCUT2D eigenvalue weighted by molar-refractivity contribution is -0.159. The molecule has 0 aliphatic heterocycles. The van der Waals surface area contributed by atoms with Gasteiger partial charge in [0.05, 0.1) is 25.3 Å². The summed E-state index contributed by atoms with van der Waals surface area (Å²) >= 11 is 0. The number of nitrogens with zero attached hydrogens (tertiary/aromatic N) is 3. The van der Waals surface area contributed by atoms with Gasteiger partial charge >= 0.3 is 11.9 Å². The van der Waals surface area contributed by atoms with E-state index in [-0.39, 0.29) is 0 Å². The van der Waals surface area contributed by atoms with E-state index in [2.05, 4.69) is 4.98 Å². The highest BCUT2D eigenvalue weighted by Crippen LogP contribution is 2.25. The van der Waals surface area contributed by atoms with E-state index in [0.717, 1.165) is 39.7 Å². The summed E-state index contributed by atoms with van der Waals surface area (Å²) in [7, 11) is 3.32. The summed E-state index contributed by atoms with van der Waals surface area (Å²) in [5, 5.41) is 14.8. The van der Waals surface area contributed by atoms with Gasteiger partial charge in [-0.3, -0.25) is 4.57 Å². The molecule has 0 radical (unpaired) electrons. The van der Waals surface area contributed by atoms with Crippen molar-refractivity contribution < 1.29 is 29.3 Å². The molecule has 0 saturated heterocycles. The quantitative estimate of drug-likeness (QED) is 0.443. The lowest BCUT2D eigenvalue weighted by atomic mass is 10.2. The van der Waals surface area contributed by atoms with E-state index < -0.39 is 11.9 Å². The minimum absolute atomic E-state index is 0.777. The zero-order valence-electron chi connectivity index (χ0n) is 17.9. The van der Waals surface area contributed by atoms with Crippen molar-refractivity contribution in [2.24, 2.45) is 0 Å². The predicted molar refractivity (Wildman–Crippen MR) is 123 cm³/mol. The van der Waals surface area contributed by atoms with Crippen LogP contribution in [-0.2, 0) is 9.59 Å². The molecule has 0 bridgehead atoms. The zero-order chi connectivity index (χ0) is 23.8. The molecule has 2 aromatic carbocycles. The number of hydrogen-bond donors (Lipinski definition) is 2. The normalized spacial score (nSPS) is 10.5. The molecule has 168 valence electrons. The number of aromatic nitrogens is 3. The smallest absolute Gasteiger partial charge is 0.414 e. The Hall–Kier alpha value is -4.66. The summed E-state index contributed by atoms with van der Waals surface area (Å²) in [6.07, 6.45) is 5.79. The van der Waals surface area contributed by atoms with Crippen LogP contribution in [0.1, 0.15) is 11.4 Å².